The van der Waals surface area contributed by atoms with E-state index in [0.29, 0.717) is 13.2 Å². The minimum absolute atomic E-state index is 0.114. The average molecular weight is 231 g/mol. The van der Waals surface area contributed by atoms with E-state index in [0.717, 1.165) is 38.8 Å². The van der Waals surface area contributed by atoms with E-state index in [1.807, 2.05) is 0 Å². The summed E-state index contributed by atoms with van der Waals surface area (Å²) >= 11 is 0. The summed E-state index contributed by atoms with van der Waals surface area (Å²) in [7, 11) is 0. The van der Waals surface area contributed by atoms with Crippen LogP contribution in [-0.4, -0.2) is 49.2 Å². The van der Waals surface area contributed by atoms with Crippen molar-refractivity contribution in [3.63, 3.8) is 0 Å². The second-order valence-corrected chi connectivity index (χ2v) is 4.87. The Bertz CT molecular complexity index is 183. The Morgan fingerprint density at radius 3 is 2.75 bits per heavy atom. The Balaban J connectivity index is 1.92. The van der Waals surface area contributed by atoms with Crippen LogP contribution < -0.4 is 5.32 Å². The monoisotopic (exact) mass is 231 g/mol. The van der Waals surface area contributed by atoms with Crippen LogP contribution >= 0.6 is 0 Å². The zero-order valence-electron chi connectivity index (χ0n) is 10.2. The Morgan fingerprint density at radius 1 is 1.44 bits per heavy atom. The molecule has 96 valence electrons. The fourth-order valence-electron chi connectivity index (χ4n) is 1.60. The van der Waals surface area contributed by atoms with Gasteiger partial charge in [0, 0.05) is 31.7 Å². The highest BCUT2D eigenvalue weighted by atomic mass is 16.5. The number of nitrogens with one attached hydrogen (secondary N) is 1. The first-order valence-electron chi connectivity index (χ1n) is 6.30. The zero-order chi connectivity index (χ0) is 11.9. The zero-order valence-corrected chi connectivity index (χ0v) is 10.2. The van der Waals surface area contributed by atoms with Crippen LogP contribution in [0.1, 0.15) is 32.6 Å². The van der Waals surface area contributed by atoms with Crippen molar-refractivity contribution in [2.75, 3.05) is 32.9 Å². The first kappa shape index (κ1) is 13.9. The number of hydrogen-bond donors (Lipinski definition) is 3. The molecular weight excluding hydrogens is 206 g/mol. The van der Waals surface area contributed by atoms with Crippen LogP contribution in [0.5, 0.6) is 0 Å². The van der Waals surface area contributed by atoms with Crippen LogP contribution in [-0.2, 0) is 4.74 Å². The molecule has 3 N–H and O–H groups in total. The maximum absolute atomic E-state index is 9.59. The van der Waals surface area contributed by atoms with Gasteiger partial charge in [-0.2, -0.15) is 0 Å². The predicted octanol–water partition coefficient (Wildman–Crippen LogP) is 0.526. The Hall–Kier alpha value is -0.160. The smallest absolute Gasteiger partial charge is 0.0897 e. The third kappa shape index (κ3) is 5.25. The summed E-state index contributed by atoms with van der Waals surface area (Å²) in [5.74, 6) is 0. The predicted molar refractivity (Wildman–Crippen MR) is 63.4 cm³/mol. The van der Waals surface area contributed by atoms with Crippen LogP contribution in [0, 0.1) is 5.41 Å². The number of aliphatic hydroxyl groups excluding tert-OH is 2. The second-order valence-electron chi connectivity index (χ2n) is 4.87. The highest BCUT2D eigenvalue weighted by Crippen LogP contribution is 2.44. The molecular formula is C12H25NO3. The molecule has 0 spiro atoms. The topological polar surface area (TPSA) is 61.7 Å². The summed E-state index contributed by atoms with van der Waals surface area (Å²) in [6, 6.07) is 0. The first-order valence-corrected chi connectivity index (χ1v) is 6.30. The normalized spacial score (nSPS) is 19.7. The number of rotatable bonds is 10. The molecule has 1 unspecified atom stereocenters. The van der Waals surface area contributed by atoms with Crippen molar-refractivity contribution in [1.82, 2.24) is 5.32 Å². The molecule has 1 rings (SSSR count). The molecule has 0 saturated heterocycles. The van der Waals surface area contributed by atoms with Gasteiger partial charge < -0.3 is 20.3 Å². The van der Waals surface area contributed by atoms with Gasteiger partial charge in [0.1, 0.15) is 0 Å². The maximum Gasteiger partial charge on any atom is 0.0897 e. The lowest BCUT2D eigenvalue weighted by Gasteiger charge is -2.16. The molecule has 0 aliphatic heterocycles. The number of ether oxygens (including phenoxy) is 1. The minimum Gasteiger partial charge on any atom is -0.396 e. The number of unbranched alkanes of at least 4 members (excludes halogenated alkanes) is 1. The quantitative estimate of drug-likeness (QED) is 0.480. The molecule has 0 aromatic heterocycles. The van der Waals surface area contributed by atoms with Crippen molar-refractivity contribution in [2.45, 2.75) is 38.7 Å². The molecule has 4 nitrogen and oxygen atoms in total. The van der Waals surface area contributed by atoms with Gasteiger partial charge in [0.05, 0.1) is 12.7 Å². The van der Waals surface area contributed by atoms with Gasteiger partial charge in [-0.15, -0.1) is 0 Å². The van der Waals surface area contributed by atoms with Crippen LogP contribution in [0.3, 0.4) is 0 Å². The maximum atomic E-state index is 9.59. The molecule has 0 aromatic carbocycles. The summed E-state index contributed by atoms with van der Waals surface area (Å²) in [4.78, 5) is 0. The van der Waals surface area contributed by atoms with Crippen LogP contribution in [0.2, 0.25) is 0 Å². The Labute approximate surface area is 98.0 Å². The second kappa shape index (κ2) is 7.22. The molecule has 1 fully saturated rings. The Kier molecular flexibility index (Phi) is 6.28. The van der Waals surface area contributed by atoms with Gasteiger partial charge in [0.2, 0.25) is 0 Å². The lowest BCUT2D eigenvalue weighted by atomic mass is 10.1. The molecule has 0 radical (unpaired) electrons. The molecule has 0 bridgehead atoms. The van der Waals surface area contributed by atoms with Gasteiger partial charge in [-0.3, -0.25) is 0 Å². The third-order valence-electron chi connectivity index (χ3n) is 3.12. The number of hydrogen-bond acceptors (Lipinski definition) is 4. The highest BCUT2D eigenvalue weighted by Gasteiger charge is 2.41. The largest absolute Gasteiger partial charge is 0.396 e. The molecule has 1 aliphatic carbocycles. The van der Waals surface area contributed by atoms with E-state index in [1.54, 1.807) is 0 Å². The standard InChI is InChI=1S/C12H25NO3/c1-2-3-6-16-8-11(15)7-13-9-12(10-14)4-5-12/h11,13-15H,2-10H2,1H3. The van der Waals surface area contributed by atoms with E-state index in [4.69, 9.17) is 9.84 Å². The van der Waals surface area contributed by atoms with Crippen LogP contribution in [0.25, 0.3) is 0 Å². The van der Waals surface area contributed by atoms with Gasteiger partial charge in [0.15, 0.2) is 0 Å². The van der Waals surface area contributed by atoms with E-state index < -0.39 is 6.10 Å². The molecule has 0 aromatic rings. The van der Waals surface area contributed by atoms with Gasteiger partial charge in [-0.05, 0) is 19.3 Å². The van der Waals surface area contributed by atoms with E-state index in [9.17, 15) is 5.11 Å². The summed E-state index contributed by atoms with van der Waals surface area (Å²) in [5, 5.41) is 21.9. The van der Waals surface area contributed by atoms with Crippen molar-refractivity contribution in [3.8, 4) is 0 Å². The first-order chi connectivity index (χ1) is 7.72. The summed E-state index contributed by atoms with van der Waals surface area (Å²) in [6.45, 7) is 4.85. The van der Waals surface area contributed by atoms with E-state index in [1.165, 1.54) is 0 Å². The molecule has 1 atom stereocenters. The van der Waals surface area contributed by atoms with E-state index in [-0.39, 0.29) is 12.0 Å². The Morgan fingerprint density at radius 2 is 2.19 bits per heavy atom. The van der Waals surface area contributed by atoms with Gasteiger partial charge in [-0.25, -0.2) is 0 Å². The molecule has 0 amide bonds. The van der Waals surface area contributed by atoms with Crippen molar-refractivity contribution in [2.24, 2.45) is 5.41 Å². The fraction of sp³-hybridized carbons (Fsp3) is 1.00. The van der Waals surface area contributed by atoms with Crippen molar-refractivity contribution in [1.29, 1.82) is 0 Å². The lowest BCUT2D eigenvalue weighted by molar-refractivity contribution is 0.0349. The third-order valence-corrected chi connectivity index (χ3v) is 3.12. The van der Waals surface area contributed by atoms with Gasteiger partial charge in [0.25, 0.3) is 0 Å². The van der Waals surface area contributed by atoms with Crippen molar-refractivity contribution >= 4 is 0 Å². The van der Waals surface area contributed by atoms with E-state index >= 15 is 0 Å². The molecule has 16 heavy (non-hydrogen) atoms. The summed E-state index contributed by atoms with van der Waals surface area (Å²) < 4.78 is 5.32. The van der Waals surface area contributed by atoms with Crippen molar-refractivity contribution < 1.29 is 14.9 Å². The molecule has 0 heterocycles. The molecule has 4 heteroatoms. The molecule has 1 saturated carbocycles. The highest BCUT2D eigenvalue weighted by molar-refractivity contribution is 4.94. The lowest BCUT2D eigenvalue weighted by Crippen LogP contribution is -2.35. The minimum atomic E-state index is -0.439. The number of aliphatic hydroxyl groups is 2. The fourth-order valence-corrected chi connectivity index (χ4v) is 1.60. The summed E-state index contributed by atoms with van der Waals surface area (Å²) in [6.07, 6.45) is 3.92. The van der Waals surface area contributed by atoms with Gasteiger partial charge >= 0.3 is 0 Å². The molecule has 1 aliphatic rings. The van der Waals surface area contributed by atoms with Crippen molar-refractivity contribution in [3.05, 3.63) is 0 Å². The van der Waals surface area contributed by atoms with Gasteiger partial charge in [-0.1, -0.05) is 13.3 Å². The van der Waals surface area contributed by atoms with Crippen LogP contribution in [0.4, 0.5) is 0 Å². The van der Waals surface area contributed by atoms with Crippen LogP contribution in [0.15, 0.2) is 0 Å². The summed E-state index contributed by atoms with van der Waals surface area (Å²) in [5.41, 5.74) is 0.114. The average Bonchev–Trinajstić information content (AvgIpc) is 3.05. The SMILES string of the molecule is CCCCOCC(O)CNCC1(CO)CC1. The van der Waals surface area contributed by atoms with E-state index in [2.05, 4.69) is 12.2 Å².